The van der Waals surface area contributed by atoms with Gasteiger partial charge in [0.15, 0.2) is 0 Å². The molecule has 0 aliphatic carbocycles. The summed E-state index contributed by atoms with van der Waals surface area (Å²) in [6, 6.07) is 14.0. The van der Waals surface area contributed by atoms with Crippen LogP contribution < -0.4 is 5.32 Å². The van der Waals surface area contributed by atoms with Gasteiger partial charge in [-0.05, 0) is 44.0 Å². The van der Waals surface area contributed by atoms with Crippen molar-refractivity contribution in [3.63, 3.8) is 0 Å². The maximum Gasteiger partial charge on any atom is 0.251 e. The first-order valence-electron chi connectivity index (χ1n) is 8.39. The monoisotopic (exact) mass is 321 g/mol. The number of benzene rings is 2. The van der Waals surface area contributed by atoms with Crippen LogP contribution in [0.5, 0.6) is 0 Å². The predicted octanol–water partition coefficient (Wildman–Crippen LogP) is 3.99. The molecule has 0 bridgehead atoms. The third kappa shape index (κ3) is 3.18. The number of carbonyl (C=O) groups is 1. The number of imidazole rings is 1. The summed E-state index contributed by atoms with van der Waals surface area (Å²) in [6.07, 6.45) is 1.03. The summed E-state index contributed by atoms with van der Waals surface area (Å²) in [5.74, 6) is 0.846. The number of hydrogen-bond donors (Lipinski definition) is 1. The first kappa shape index (κ1) is 16.2. The van der Waals surface area contributed by atoms with Gasteiger partial charge in [0.1, 0.15) is 5.82 Å². The summed E-state index contributed by atoms with van der Waals surface area (Å²) in [6.45, 7) is 7.47. The summed E-state index contributed by atoms with van der Waals surface area (Å²) in [5, 5.41) is 3.01. The molecule has 3 rings (SSSR count). The summed E-state index contributed by atoms with van der Waals surface area (Å²) in [7, 11) is 0. The van der Waals surface area contributed by atoms with E-state index in [0.29, 0.717) is 6.54 Å². The normalized spacial score (nSPS) is 11.0. The maximum absolute atomic E-state index is 12.5. The van der Waals surface area contributed by atoms with Gasteiger partial charge in [-0.2, -0.15) is 0 Å². The minimum absolute atomic E-state index is 0.0531. The average molecular weight is 321 g/mol. The smallest absolute Gasteiger partial charge is 0.251 e. The molecule has 4 heteroatoms. The summed E-state index contributed by atoms with van der Waals surface area (Å²) < 4.78 is 2.19. The number of aromatic nitrogens is 2. The van der Waals surface area contributed by atoms with Crippen LogP contribution in [0.4, 0.5) is 0 Å². The van der Waals surface area contributed by atoms with Gasteiger partial charge in [0.25, 0.3) is 5.91 Å². The Kier molecular flexibility index (Phi) is 4.65. The number of para-hydroxylation sites is 2. The van der Waals surface area contributed by atoms with E-state index >= 15 is 0 Å². The maximum atomic E-state index is 12.5. The highest BCUT2D eigenvalue weighted by molar-refractivity contribution is 5.95. The Morgan fingerprint density at radius 3 is 2.71 bits per heavy atom. The molecular formula is C20H23N3O. The molecule has 0 saturated carbocycles. The highest BCUT2D eigenvalue weighted by Gasteiger charge is 2.13. The lowest BCUT2D eigenvalue weighted by atomic mass is 10.1. The second-order valence-electron chi connectivity index (χ2n) is 6.17. The average Bonchev–Trinajstić information content (AvgIpc) is 2.91. The molecule has 0 aliphatic heterocycles. The van der Waals surface area contributed by atoms with Gasteiger partial charge in [0.2, 0.25) is 0 Å². The predicted molar refractivity (Wildman–Crippen MR) is 97.1 cm³/mol. The first-order chi connectivity index (χ1) is 11.6. The second-order valence-corrected chi connectivity index (χ2v) is 6.17. The summed E-state index contributed by atoms with van der Waals surface area (Å²) in [4.78, 5) is 17.2. The molecule has 1 aromatic heterocycles. The largest absolute Gasteiger partial charge is 0.345 e. The fraction of sp³-hybridized carbons (Fsp3) is 0.300. The van der Waals surface area contributed by atoms with E-state index in [2.05, 4.69) is 27.9 Å². The van der Waals surface area contributed by atoms with Gasteiger partial charge in [-0.15, -0.1) is 0 Å². The molecule has 124 valence electrons. The number of fused-ring (bicyclic) bond motifs is 1. The van der Waals surface area contributed by atoms with Crippen LogP contribution in [0.15, 0.2) is 42.5 Å². The molecule has 0 spiro atoms. The van der Waals surface area contributed by atoms with Crippen molar-refractivity contribution in [2.45, 2.75) is 40.3 Å². The zero-order chi connectivity index (χ0) is 17.1. The van der Waals surface area contributed by atoms with Crippen LogP contribution in [-0.4, -0.2) is 15.5 Å². The highest BCUT2D eigenvalue weighted by Crippen LogP contribution is 2.17. The van der Waals surface area contributed by atoms with Crippen molar-refractivity contribution in [1.29, 1.82) is 0 Å². The first-order valence-corrected chi connectivity index (χ1v) is 8.39. The number of hydrogen-bond acceptors (Lipinski definition) is 2. The Hall–Kier alpha value is -2.62. The molecule has 0 fully saturated rings. The lowest BCUT2D eigenvalue weighted by molar-refractivity contribution is 0.0949. The van der Waals surface area contributed by atoms with Crippen LogP contribution in [0.1, 0.15) is 40.7 Å². The van der Waals surface area contributed by atoms with E-state index in [9.17, 15) is 4.79 Å². The van der Waals surface area contributed by atoms with Gasteiger partial charge in [-0.25, -0.2) is 4.98 Å². The SMILES string of the molecule is CCCn1c(CNC(=O)c2ccc(C)cc2C)nc2ccccc21. The molecule has 4 nitrogen and oxygen atoms in total. The number of aryl methyl sites for hydroxylation is 3. The van der Waals surface area contributed by atoms with Gasteiger partial charge in [-0.1, -0.05) is 36.8 Å². The van der Waals surface area contributed by atoms with E-state index in [0.717, 1.165) is 46.5 Å². The quantitative estimate of drug-likeness (QED) is 0.772. The Bertz CT molecular complexity index is 880. The lowest BCUT2D eigenvalue weighted by Crippen LogP contribution is -2.25. The molecule has 24 heavy (non-hydrogen) atoms. The molecule has 0 radical (unpaired) electrons. The van der Waals surface area contributed by atoms with Crippen molar-refractivity contribution in [3.8, 4) is 0 Å². The molecule has 0 unspecified atom stereocenters. The third-order valence-electron chi connectivity index (χ3n) is 4.21. The molecule has 1 N–H and O–H groups in total. The van der Waals surface area contributed by atoms with E-state index in [4.69, 9.17) is 0 Å². The van der Waals surface area contributed by atoms with Crippen molar-refractivity contribution >= 4 is 16.9 Å². The Morgan fingerprint density at radius 2 is 1.96 bits per heavy atom. The topological polar surface area (TPSA) is 46.9 Å². The van der Waals surface area contributed by atoms with Crippen LogP contribution in [0.2, 0.25) is 0 Å². The van der Waals surface area contributed by atoms with Crippen LogP contribution in [0.3, 0.4) is 0 Å². The lowest BCUT2D eigenvalue weighted by Gasteiger charge is -2.10. The van der Waals surface area contributed by atoms with Gasteiger partial charge in [0, 0.05) is 12.1 Å². The summed E-state index contributed by atoms with van der Waals surface area (Å²) in [5.41, 5.74) is 4.97. The standard InChI is InChI=1S/C20H23N3O/c1-4-11-23-18-8-6-5-7-17(18)22-19(23)13-21-20(24)16-10-9-14(2)12-15(16)3/h5-10,12H,4,11,13H2,1-3H3,(H,21,24). The van der Waals surface area contributed by atoms with Gasteiger partial charge >= 0.3 is 0 Å². The highest BCUT2D eigenvalue weighted by atomic mass is 16.1. The van der Waals surface area contributed by atoms with Crippen molar-refractivity contribution in [2.75, 3.05) is 0 Å². The fourth-order valence-corrected chi connectivity index (χ4v) is 3.06. The van der Waals surface area contributed by atoms with Crippen LogP contribution in [0, 0.1) is 13.8 Å². The van der Waals surface area contributed by atoms with Gasteiger partial charge in [0.05, 0.1) is 17.6 Å². The molecule has 0 saturated heterocycles. The third-order valence-corrected chi connectivity index (χ3v) is 4.21. The van der Waals surface area contributed by atoms with E-state index in [1.165, 1.54) is 0 Å². The summed E-state index contributed by atoms with van der Waals surface area (Å²) >= 11 is 0. The Labute approximate surface area is 142 Å². The minimum atomic E-state index is -0.0531. The Balaban J connectivity index is 1.82. The second kappa shape index (κ2) is 6.87. The minimum Gasteiger partial charge on any atom is -0.345 e. The number of amides is 1. The molecule has 3 aromatic rings. The van der Waals surface area contributed by atoms with Crippen molar-refractivity contribution in [3.05, 3.63) is 65.0 Å². The van der Waals surface area contributed by atoms with Crippen LogP contribution in [-0.2, 0) is 13.1 Å². The molecular weight excluding hydrogens is 298 g/mol. The van der Waals surface area contributed by atoms with Crippen molar-refractivity contribution in [2.24, 2.45) is 0 Å². The number of nitrogens with zero attached hydrogens (tertiary/aromatic N) is 2. The molecule has 0 aliphatic rings. The van der Waals surface area contributed by atoms with Crippen LogP contribution >= 0.6 is 0 Å². The van der Waals surface area contributed by atoms with E-state index in [-0.39, 0.29) is 5.91 Å². The van der Waals surface area contributed by atoms with E-state index in [1.807, 2.05) is 50.2 Å². The number of nitrogens with one attached hydrogen (secondary N) is 1. The van der Waals surface area contributed by atoms with E-state index in [1.54, 1.807) is 0 Å². The van der Waals surface area contributed by atoms with Crippen LogP contribution in [0.25, 0.3) is 11.0 Å². The molecule has 1 amide bonds. The van der Waals surface area contributed by atoms with Gasteiger partial charge in [-0.3, -0.25) is 4.79 Å². The van der Waals surface area contributed by atoms with Gasteiger partial charge < -0.3 is 9.88 Å². The molecule has 1 heterocycles. The fourth-order valence-electron chi connectivity index (χ4n) is 3.06. The molecule has 0 atom stereocenters. The number of carbonyl (C=O) groups excluding carboxylic acids is 1. The number of rotatable bonds is 5. The zero-order valence-corrected chi connectivity index (χ0v) is 14.5. The van der Waals surface area contributed by atoms with E-state index < -0.39 is 0 Å². The van der Waals surface area contributed by atoms with Crippen molar-refractivity contribution < 1.29 is 4.79 Å². The zero-order valence-electron chi connectivity index (χ0n) is 14.5. The Morgan fingerprint density at radius 1 is 1.17 bits per heavy atom. The molecule has 2 aromatic carbocycles. The van der Waals surface area contributed by atoms with Crippen molar-refractivity contribution in [1.82, 2.24) is 14.9 Å².